The molecule has 19 heteroatoms. The molecule has 0 aliphatic carbocycles. The number of aliphatic carboxylic acids is 1. The maximum absolute atomic E-state index is 13.0. The van der Waals surface area contributed by atoms with E-state index in [0.717, 1.165) is 0 Å². The SMILES string of the molecule is CC(C)C[C@H](NC(=O)[C@H](CO)NC(=O)[C@H](CO)NC(=O)[C@H](C)NC(=O)[C@@H](N)CCCCN)C(=O)N[C@@H](C)C(=O)N[C@@H](CO)C(=O)O. The van der Waals surface area contributed by atoms with E-state index in [2.05, 4.69) is 26.6 Å². The molecule has 0 unspecified atom stereocenters. The van der Waals surface area contributed by atoms with Gasteiger partial charge in [0.15, 0.2) is 0 Å². The second-order valence-corrected chi connectivity index (χ2v) is 11.1. The van der Waals surface area contributed by atoms with Crippen LogP contribution in [0.4, 0.5) is 0 Å². The zero-order valence-corrected chi connectivity index (χ0v) is 26.6. The maximum atomic E-state index is 13.0. The Morgan fingerprint density at radius 3 is 1.37 bits per heavy atom. The minimum absolute atomic E-state index is 0.0575. The third kappa shape index (κ3) is 15.4. The molecule has 19 nitrogen and oxygen atoms in total. The molecule has 0 radical (unpaired) electrons. The summed E-state index contributed by atoms with van der Waals surface area (Å²) in [6.45, 7) is 3.76. The second kappa shape index (κ2) is 21.8. The smallest absolute Gasteiger partial charge is 0.328 e. The van der Waals surface area contributed by atoms with Gasteiger partial charge in [-0.25, -0.2) is 4.79 Å². The third-order valence-corrected chi connectivity index (χ3v) is 6.58. The first-order valence-corrected chi connectivity index (χ1v) is 14.9. The van der Waals surface area contributed by atoms with E-state index in [-0.39, 0.29) is 12.3 Å². The van der Waals surface area contributed by atoms with E-state index in [0.29, 0.717) is 25.8 Å². The number of carbonyl (C=O) groups excluding carboxylic acids is 6. The van der Waals surface area contributed by atoms with Crippen molar-refractivity contribution in [3.63, 3.8) is 0 Å². The number of aliphatic hydroxyl groups excluding tert-OH is 3. The van der Waals surface area contributed by atoms with E-state index in [4.69, 9.17) is 21.7 Å². The monoisotopic (exact) mass is 662 g/mol. The number of unbranched alkanes of at least 4 members (excludes halogenated alkanes) is 1. The summed E-state index contributed by atoms with van der Waals surface area (Å²) in [5.41, 5.74) is 11.2. The van der Waals surface area contributed by atoms with Crippen molar-refractivity contribution in [3.8, 4) is 0 Å². The number of hydrogen-bond acceptors (Lipinski definition) is 12. The van der Waals surface area contributed by atoms with Crippen LogP contribution in [0.25, 0.3) is 0 Å². The molecule has 14 N–H and O–H groups in total. The molecule has 0 saturated heterocycles. The molecule has 7 atom stereocenters. The largest absolute Gasteiger partial charge is 0.480 e. The number of hydrogen-bond donors (Lipinski definition) is 12. The summed E-state index contributed by atoms with van der Waals surface area (Å²) in [5.74, 6) is -6.92. The summed E-state index contributed by atoms with van der Waals surface area (Å²) in [4.78, 5) is 86.8. The van der Waals surface area contributed by atoms with Gasteiger partial charge < -0.3 is 63.8 Å². The van der Waals surface area contributed by atoms with Crippen molar-refractivity contribution in [1.82, 2.24) is 31.9 Å². The van der Waals surface area contributed by atoms with E-state index in [1.54, 1.807) is 13.8 Å². The van der Waals surface area contributed by atoms with Gasteiger partial charge in [0.05, 0.1) is 25.9 Å². The number of nitrogens with one attached hydrogen (secondary N) is 6. The van der Waals surface area contributed by atoms with Crippen molar-refractivity contribution >= 4 is 41.4 Å². The molecule has 0 aromatic rings. The minimum Gasteiger partial charge on any atom is -0.480 e. The van der Waals surface area contributed by atoms with Crippen LogP contribution in [0.15, 0.2) is 0 Å². The minimum atomic E-state index is -1.63. The van der Waals surface area contributed by atoms with Crippen LogP contribution < -0.4 is 43.4 Å². The Hall–Kier alpha value is -3.91. The fourth-order valence-corrected chi connectivity index (χ4v) is 3.82. The molecule has 46 heavy (non-hydrogen) atoms. The summed E-state index contributed by atoms with van der Waals surface area (Å²) in [5, 5.41) is 51.1. The van der Waals surface area contributed by atoms with Gasteiger partial charge in [0.25, 0.3) is 0 Å². The molecule has 0 aromatic heterocycles. The van der Waals surface area contributed by atoms with E-state index in [1.165, 1.54) is 13.8 Å². The van der Waals surface area contributed by atoms with Gasteiger partial charge >= 0.3 is 5.97 Å². The molecule has 0 aliphatic rings. The van der Waals surface area contributed by atoms with Crippen LogP contribution in [0.3, 0.4) is 0 Å². The highest BCUT2D eigenvalue weighted by Crippen LogP contribution is 2.06. The number of carbonyl (C=O) groups is 7. The molecular weight excluding hydrogens is 612 g/mol. The quantitative estimate of drug-likeness (QED) is 0.0482. The second-order valence-electron chi connectivity index (χ2n) is 11.1. The Bertz CT molecular complexity index is 1050. The van der Waals surface area contributed by atoms with Crippen molar-refractivity contribution in [2.45, 2.75) is 95.7 Å². The Morgan fingerprint density at radius 2 is 0.957 bits per heavy atom. The molecule has 0 rings (SSSR count). The number of amides is 6. The van der Waals surface area contributed by atoms with Gasteiger partial charge in [-0.2, -0.15) is 0 Å². The topological polar surface area (TPSA) is 325 Å². The number of aliphatic hydroxyl groups is 3. The molecule has 0 bridgehead atoms. The summed E-state index contributed by atoms with van der Waals surface area (Å²) in [6.07, 6.45) is 1.68. The maximum Gasteiger partial charge on any atom is 0.328 e. The number of carboxylic acids is 1. The molecule has 0 saturated carbocycles. The van der Waals surface area contributed by atoms with Gasteiger partial charge in [-0.3, -0.25) is 28.8 Å². The zero-order valence-electron chi connectivity index (χ0n) is 26.6. The molecule has 6 amide bonds. The summed E-state index contributed by atoms with van der Waals surface area (Å²) < 4.78 is 0. The van der Waals surface area contributed by atoms with Gasteiger partial charge in [0, 0.05) is 0 Å². The predicted molar refractivity (Wildman–Crippen MR) is 162 cm³/mol. The van der Waals surface area contributed by atoms with Crippen molar-refractivity contribution in [3.05, 3.63) is 0 Å². The average Bonchev–Trinajstić information content (AvgIpc) is 2.99. The lowest BCUT2D eigenvalue weighted by Gasteiger charge is -2.26. The number of carboxylic acid groups (broad SMARTS) is 1. The molecule has 0 aromatic carbocycles. The summed E-state index contributed by atoms with van der Waals surface area (Å²) in [6, 6.07) is -9.39. The Balaban J connectivity index is 5.35. The molecule has 0 spiro atoms. The van der Waals surface area contributed by atoms with Crippen molar-refractivity contribution in [1.29, 1.82) is 0 Å². The standard InChI is InChI=1S/C27H50N8O11/c1-13(2)9-17(24(42)31-15(4)22(40)35-20(12-38)27(45)46)32-25(43)19(11-37)34-26(44)18(10-36)33-21(39)14(3)30-23(41)16(29)7-5-6-8-28/h13-20,36-38H,5-12,28-29H2,1-4H3,(H,30,41)(H,31,42)(H,32,43)(H,33,39)(H,34,44)(H,35,40)(H,45,46)/t14-,15-,16-,17-,18-,19-,20-/m0/s1. The average molecular weight is 663 g/mol. The van der Waals surface area contributed by atoms with Crippen LogP contribution in [0.1, 0.15) is 53.4 Å². The van der Waals surface area contributed by atoms with Crippen molar-refractivity contribution in [2.75, 3.05) is 26.4 Å². The summed E-state index contributed by atoms with van der Waals surface area (Å²) >= 11 is 0. The fourth-order valence-electron chi connectivity index (χ4n) is 3.82. The van der Waals surface area contributed by atoms with Crippen LogP contribution in [-0.2, 0) is 33.6 Å². The first kappa shape index (κ1) is 42.1. The fraction of sp³-hybridized carbons (Fsp3) is 0.741. The molecule has 264 valence electrons. The number of rotatable bonds is 22. The zero-order chi connectivity index (χ0) is 35.6. The lowest BCUT2D eigenvalue weighted by atomic mass is 10.0. The van der Waals surface area contributed by atoms with E-state index >= 15 is 0 Å². The first-order chi connectivity index (χ1) is 21.5. The molecule has 0 aliphatic heterocycles. The van der Waals surface area contributed by atoms with E-state index < -0.39 is 104 Å². The highest BCUT2D eigenvalue weighted by atomic mass is 16.4. The highest BCUT2D eigenvalue weighted by molar-refractivity contribution is 5.96. The molecule has 0 fully saturated rings. The van der Waals surface area contributed by atoms with Crippen LogP contribution >= 0.6 is 0 Å². The van der Waals surface area contributed by atoms with Gasteiger partial charge in [-0.05, 0) is 45.6 Å². The van der Waals surface area contributed by atoms with Gasteiger partial charge in [-0.1, -0.05) is 20.3 Å². The number of nitrogens with two attached hydrogens (primary N) is 2. The van der Waals surface area contributed by atoms with Crippen LogP contribution in [0.2, 0.25) is 0 Å². The van der Waals surface area contributed by atoms with Crippen LogP contribution in [0.5, 0.6) is 0 Å². The van der Waals surface area contributed by atoms with E-state index in [9.17, 15) is 43.8 Å². The normalized spacial score (nSPS) is 15.6. The van der Waals surface area contributed by atoms with E-state index in [1.807, 2.05) is 5.32 Å². The van der Waals surface area contributed by atoms with Gasteiger partial charge in [-0.15, -0.1) is 0 Å². The lowest BCUT2D eigenvalue weighted by Crippen LogP contribution is -2.60. The van der Waals surface area contributed by atoms with Crippen LogP contribution in [-0.4, -0.2) is 130 Å². The van der Waals surface area contributed by atoms with Gasteiger partial charge in [0.1, 0.15) is 36.3 Å². The lowest BCUT2D eigenvalue weighted by molar-refractivity contribution is -0.143. The predicted octanol–water partition coefficient (Wildman–Crippen LogP) is -5.50. The molecular formula is C27H50N8O11. The third-order valence-electron chi connectivity index (χ3n) is 6.58. The van der Waals surface area contributed by atoms with Crippen molar-refractivity contribution < 1.29 is 54.0 Å². The van der Waals surface area contributed by atoms with Crippen molar-refractivity contribution in [2.24, 2.45) is 17.4 Å². The summed E-state index contributed by atoms with van der Waals surface area (Å²) in [7, 11) is 0. The Labute approximate surface area is 267 Å². The first-order valence-electron chi connectivity index (χ1n) is 14.9. The Morgan fingerprint density at radius 1 is 0.565 bits per heavy atom. The van der Waals surface area contributed by atoms with Gasteiger partial charge in [0.2, 0.25) is 35.4 Å². The van der Waals surface area contributed by atoms with Crippen LogP contribution in [0, 0.1) is 5.92 Å². The Kier molecular flexibility index (Phi) is 19.9. The molecule has 0 heterocycles. The highest BCUT2D eigenvalue weighted by Gasteiger charge is 2.32.